The van der Waals surface area contributed by atoms with Crippen LogP contribution >= 0.6 is 0 Å². The van der Waals surface area contributed by atoms with E-state index in [1.165, 1.54) is 22.3 Å². The van der Waals surface area contributed by atoms with Gasteiger partial charge in [-0.05, 0) is 38.3 Å². The summed E-state index contributed by atoms with van der Waals surface area (Å²) in [6.07, 6.45) is 2.68. The monoisotopic (exact) mass is 311 g/mol. The van der Waals surface area contributed by atoms with Crippen LogP contribution in [0, 0.1) is 20.8 Å². The van der Waals surface area contributed by atoms with E-state index in [4.69, 9.17) is 5.10 Å². The Morgan fingerprint density at radius 1 is 1.30 bits per heavy atom. The van der Waals surface area contributed by atoms with Crippen molar-refractivity contribution in [2.45, 2.75) is 59.4 Å². The number of benzene rings is 1. The molecule has 4 heteroatoms. The lowest BCUT2D eigenvalue weighted by atomic mass is 9.83. The van der Waals surface area contributed by atoms with Crippen LogP contribution in [0.3, 0.4) is 0 Å². The zero-order valence-electron chi connectivity index (χ0n) is 14.4. The molecule has 0 saturated carbocycles. The minimum Gasteiger partial charge on any atom is -0.311 e. The number of amides is 1. The van der Waals surface area contributed by atoms with Gasteiger partial charge in [0.25, 0.3) is 0 Å². The van der Waals surface area contributed by atoms with Gasteiger partial charge in [0, 0.05) is 24.4 Å². The Balaban J connectivity index is 2.10. The lowest BCUT2D eigenvalue weighted by molar-refractivity contribution is -0.116. The summed E-state index contributed by atoms with van der Waals surface area (Å²) in [5, 5.41) is 7.75. The van der Waals surface area contributed by atoms with E-state index in [-0.39, 0.29) is 11.8 Å². The second kappa shape index (κ2) is 6.19. The van der Waals surface area contributed by atoms with Crippen LogP contribution in [0.5, 0.6) is 0 Å². The number of unbranched alkanes of at least 4 members (excludes halogenated alkanes) is 1. The van der Waals surface area contributed by atoms with Crippen LogP contribution < -0.4 is 5.32 Å². The molecule has 2 aromatic rings. The van der Waals surface area contributed by atoms with Crippen molar-refractivity contribution in [2.24, 2.45) is 0 Å². The number of nitrogens with zero attached hydrogens (tertiary/aromatic N) is 2. The SMILES string of the molecule is CCCCn1nc(C)c2c1NC(=O)C[C@@H]2c1cc(C)ccc1C. The molecule has 1 aromatic heterocycles. The number of rotatable bonds is 4. The van der Waals surface area contributed by atoms with Crippen LogP contribution in [-0.2, 0) is 11.3 Å². The van der Waals surface area contributed by atoms with Gasteiger partial charge in [0.05, 0.1) is 5.69 Å². The van der Waals surface area contributed by atoms with E-state index in [0.29, 0.717) is 6.42 Å². The molecule has 122 valence electrons. The van der Waals surface area contributed by atoms with E-state index in [0.717, 1.165) is 30.9 Å². The number of anilines is 1. The van der Waals surface area contributed by atoms with Gasteiger partial charge >= 0.3 is 0 Å². The van der Waals surface area contributed by atoms with E-state index in [2.05, 4.69) is 51.2 Å². The molecule has 4 nitrogen and oxygen atoms in total. The van der Waals surface area contributed by atoms with Crippen molar-refractivity contribution in [1.82, 2.24) is 9.78 Å². The van der Waals surface area contributed by atoms with Crippen LogP contribution in [0.25, 0.3) is 0 Å². The first-order valence-corrected chi connectivity index (χ1v) is 8.45. The van der Waals surface area contributed by atoms with Crippen molar-refractivity contribution in [2.75, 3.05) is 5.32 Å². The Kier molecular flexibility index (Phi) is 4.24. The molecular weight excluding hydrogens is 286 g/mol. The highest BCUT2D eigenvalue weighted by molar-refractivity contribution is 5.94. The predicted octanol–water partition coefficient (Wildman–Crippen LogP) is 4.08. The second-order valence-corrected chi connectivity index (χ2v) is 6.59. The fourth-order valence-corrected chi connectivity index (χ4v) is 3.49. The zero-order valence-corrected chi connectivity index (χ0v) is 14.4. The molecule has 0 fully saturated rings. The summed E-state index contributed by atoms with van der Waals surface area (Å²) in [5.74, 6) is 1.09. The average molecular weight is 311 g/mol. The van der Waals surface area contributed by atoms with E-state index < -0.39 is 0 Å². The van der Waals surface area contributed by atoms with Crippen molar-refractivity contribution < 1.29 is 4.79 Å². The molecule has 3 rings (SSSR count). The number of aromatic nitrogens is 2. The highest BCUT2D eigenvalue weighted by Crippen LogP contribution is 2.40. The quantitative estimate of drug-likeness (QED) is 0.924. The number of carbonyl (C=O) groups is 1. The average Bonchev–Trinajstić information content (AvgIpc) is 2.83. The maximum Gasteiger partial charge on any atom is 0.226 e. The first-order chi connectivity index (χ1) is 11.0. The molecule has 0 radical (unpaired) electrons. The molecule has 1 N–H and O–H groups in total. The number of hydrogen-bond acceptors (Lipinski definition) is 2. The van der Waals surface area contributed by atoms with E-state index >= 15 is 0 Å². The molecule has 1 aliphatic heterocycles. The summed E-state index contributed by atoms with van der Waals surface area (Å²) in [4.78, 5) is 12.3. The number of fused-ring (bicyclic) bond motifs is 1. The summed E-state index contributed by atoms with van der Waals surface area (Å²) in [6.45, 7) is 9.30. The zero-order chi connectivity index (χ0) is 16.6. The molecule has 1 amide bonds. The normalized spacial score (nSPS) is 17.0. The van der Waals surface area contributed by atoms with Gasteiger partial charge in [-0.2, -0.15) is 5.10 Å². The number of hydrogen-bond donors (Lipinski definition) is 1. The summed E-state index contributed by atoms with van der Waals surface area (Å²) in [7, 11) is 0. The lowest BCUT2D eigenvalue weighted by Gasteiger charge is -2.26. The van der Waals surface area contributed by atoms with E-state index in [9.17, 15) is 4.79 Å². The summed E-state index contributed by atoms with van der Waals surface area (Å²) in [6, 6.07) is 6.49. The Morgan fingerprint density at radius 2 is 2.09 bits per heavy atom. The van der Waals surface area contributed by atoms with Crippen molar-refractivity contribution in [3.8, 4) is 0 Å². The molecular formula is C19H25N3O. The molecule has 0 bridgehead atoms. The highest BCUT2D eigenvalue weighted by atomic mass is 16.1. The second-order valence-electron chi connectivity index (χ2n) is 6.59. The van der Waals surface area contributed by atoms with Crippen LogP contribution in [0.15, 0.2) is 18.2 Å². The third-order valence-electron chi connectivity index (χ3n) is 4.70. The Labute approximate surface area is 137 Å². The third kappa shape index (κ3) is 2.90. The molecule has 0 unspecified atom stereocenters. The number of nitrogens with one attached hydrogen (secondary N) is 1. The fraction of sp³-hybridized carbons (Fsp3) is 0.474. The van der Waals surface area contributed by atoms with Gasteiger partial charge in [-0.25, -0.2) is 4.68 Å². The van der Waals surface area contributed by atoms with E-state index in [1.54, 1.807) is 0 Å². The molecule has 0 aliphatic carbocycles. The first kappa shape index (κ1) is 15.8. The van der Waals surface area contributed by atoms with Gasteiger partial charge in [0.2, 0.25) is 5.91 Å². The number of aryl methyl sites for hydroxylation is 4. The van der Waals surface area contributed by atoms with Crippen LogP contribution in [-0.4, -0.2) is 15.7 Å². The fourth-order valence-electron chi connectivity index (χ4n) is 3.49. The van der Waals surface area contributed by atoms with Crippen LogP contribution in [0.4, 0.5) is 5.82 Å². The smallest absolute Gasteiger partial charge is 0.226 e. The molecule has 0 saturated heterocycles. The predicted molar refractivity (Wildman–Crippen MR) is 92.9 cm³/mol. The van der Waals surface area contributed by atoms with Crippen molar-refractivity contribution in [3.63, 3.8) is 0 Å². The minimum atomic E-state index is 0.0843. The molecule has 1 atom stereocenters. The summed E-state index contributed by atoms with van der Waals surface area (Å²) in [5.41, 5.74) is 5.94. The summed E-state index contributed by atoms with van der Waals surface area (Å²) >= 11 is 0. The Hall–Kier alpha value is -2.10. The first-order valence-electron chi connectivity index (χ1n) is 8.45. The Bertz CT molecular complexity index is 745. The minimum absolute atomic E-state index is 0.0843. The van der Waals surface area contributed by atoms with E-state index in [1.807, 2.05) is 4.68 Å². The molecule has 23 heavy (non-hydrogen) atoms. The van der Waals surface area contributed by atoms with Gasteiger partial charge in [0.1, 0.15) is 5.82 Å². The van der Waals surface area contributed by atoms with Crippen LogP contribution in [0.2, 0.25) is 0 Å². The van der Waals surface area contributed by atoms with Crippen molar-refractivity contribution in [3.05, 3.63) is 46.1 Å². The van der Waals surface area contributed by atoms with Gasteiger partial charge < -0.3 is 5.32 Å². The standard InChI is InChI=1S/C19H25N3O/c1-5-6-9-22-19-18(14(4)21-22)16(11-17(23)20-19)15-10-12(2)7-8-13(15)3/h7-8,10,16H,5-6,9,11H2,1-4H3,(H,20,23)/t16-/m1/s1. The maximum absolute atomic E-state index is 12.3. The number of carbonyl (C=O) groups excluding carboxylic acids is 1. The lowest BCUT2D eigenvalue weighted by Crippen LogP contribution is -2.25. The molecule has 1 aliphatic rings. The maximum atomic E-state index is 12.3. The van der Waals surface area contributed by atoms with Gasteiger partial charge in [-0.1, -0.05) is 37.1 Å². The van der Waals surface area contributed by atoms with Gasteiger partial charge in [-0.3, -0.25) is 4.79 Å². The largest absolute Gasteiger partial charge is 0.311 e. The summed E-state index contributed by atoms with van der Waals surface area (Å²) < 4.78 is 1.98. The van der Waals surface area contributed by atoms with Crippen LogP contribution in [0.1, 0.15) is 60.1 Å². The van der Waals surface area contributed by atoms with Gasteiger partial charge in [0.15, 0.2) is 0 Å². The third-order valence-corrected chi connectivity index (χ3v) is 4.70. The highest BCUT2D eigenvalue weighted by Gasteiger charge is 2.32. The topological polar surface area (TPSA) is 46.9 Å². The molecule has 1 aromatic carbocycles. The molecule has 2 heterocycles. The van der Waals surface area contributed by atoms with Crippen molar-refractivity contribution >= 4 is 11.7 Å². The molecule has 0 spiro atoms. The van der Waals surface area contributed by atoms with Gasteiger partial charge in [-0.15, -0.1) is 0 Å². The van der Waals surface area contributed by atoms with Crippen molar-refractivity contribution in [1.29, 1.82) is 0 Å². The Morgan fingerprint density at radius 3 is 2.83 bits per heavy atom.